The number of likely N-dealkylation sites (tertiary alicyclic amines) is 1. The van der Waals surface area contributed by atoms with E-state index >= 15 is 0 Å². The van der Waals surface area contributed by atoms with Crippen LogP contribution in [0, 0.1) is 0 Å². The molecule has 4 nitrogen and oxygen atoms in total. The third-order valence-electron chi connectivity index (χ3n) is 3.65. The van der Waals surface area contributed by atoms with E-state index in [1.165, 1.54) is 5.56 Å². The van der Waals surface area contributed by atoms with Crippen LogP contribution in [0.15, 0.2) is 24.3 Å². The van der Waals surface area contributed by atoms with E-state index in [0.29, 0.717) is 13.0 Å². The van der Waals surface area contributed by atoms with Crippen molar-refractivity contribution in [2.45, 2.75) is 39.0 Å². The minimum atomic E-state index is -0.121. The van der Waals surface area contributed by atoms with Crippen LogP contribution in [0.5, 0.6) is 0 Å². The quantitative estimate of drug-likeness (QED) is 0.917. The van der Waals surface area contributed by atoms with Crippen molar-refractivity contribution in [1.82, 2.24) is 4.90 Å². The van der Waals surface area contributed by atoms with Crippen molar-refractivity contribution in [1.29, 1.82) is 0 Å². The van der Waals surface area contributed by atoms with Crippen molar-refractivity contribution in [2.24, 2.45) is 0 Å². The van der Waals surface area contributed by atoms with E-state index in [9.17, 15) is 9.59 Å². The van der Waals surface area contributed by atoms with E-state index in [1.807, 2.05) is 24.3 Å². The molecule has 20 heavy (non-hydrogen) atoms. The number of rotatable bonds is 4. The lowest BCUT2D eigenvalue weighted by Gasteiger charge is -2.19. The first-order valence-corrected chi connectivity index (χ1v) is 7.35. The van der Waals surface area contributed by atoms with Crippen LogP contribution in [0.3, 0.4) is 0 Å². The van der Waals surface area contributed by atoms with Gasteiger partial charge < -0.3 is 10.2 Å². The number of hydrogen-bond donors (Lipinski definition) is 1. The molecule has 1 aliphatic rings. The summed E-state index contributed by atoms with van der Waals surface area (Å²) in [5.74, 6) is -0.0246. The second kappa shape index (κ2) is 7.08. The summed E-state index contributed by atoms with van der Waals surface area (Å²) in [6.45, 7) is 2.95. The highest BCUT2D eigenvalue weighted by molar-refractivity contribution is 5.94. The standard InChI is InChI=1S/C16H22N2O2/c1-2-13-7-9-14(10-8-13)17-15(19)12-18-11-5-3-4-6-16(18)20/h7-10H,2-6,11-12H2,1H3,(H,17,19). The molecule has 0 unspecified atom stereocenters. The van der Waals surface area contributed by atoms with Crippen molar-refractivity contribution < 1.29 is 9.59 Å². The first-order valence-electron chi connectivity index (χ1n) is 7.35. The van der Waals surface area contributed by atoms with Crippen LogP contribution >= 0.6 is 0 Å². The van der Waals surface area contributed by atoms with Crippen molar-refractivity contribution in [3.8, 4) is 0 Å². The zero-order chi connectivity index (χ0) is 14.4. The minimum Gasteiger partial charge on any atom is -0.333 e. The summed E-state index contributed by atoms with van der Waals surface area (Å²) in [6.07, 6.45) is 4.55. The molecule has 1 aromatic carbocycles. The van der Waals surface area contributed by atoms with Crippen molar-refractivity contribution in [3.63, 3.8) is 0 Å². The maximum absolute atomic E-state index is 12.0. The molecule has 2 rings (SSSR count). The van der Waals surface area contributed by atoms with Gasteiger partial charge in [-0.2, -0.15) is 0 Å². The SMILES string of the molecule is CCc1ccc(NC(=O)CN2CCCCCC2=O)cc1. The molecule has 0 bridgehead atoms. The average Bonchev–Trinajstić information content (AvgIpc) is 2.65. The maximum Gasteiger partial charge on any atom is 0.243 e. The molecule has 1 saturated heterocycles. The Morgan fingerprint density at radius 3 is 2.65 bits per heavy atom. The summed E-state index contributed by atoms with van der Waals surface area (Å²) >= 11 is 0. The first kappa shape index (κ1) is 14.6. The number of benzene rings is 1. The minimum absolute atomic E-state index is 0.0963. The molecule has 0 aliphatic carbocycles. The fourth-order valence-electron chi connectivity index (χ4n) is 2.40. The lowest BCUT2D eigenvalue weighted by Crippen LogP contribution is -2.37. The molecule has 0 spiro atoms. The van der Waals surface area contributed by atoms with Gasteiger partial charge in [0.2, 0.25) is 11.8 Å². The molecule has 108 valence electrons. The van der Waals surface area contributed by atoms with Crippen LogP contribution in [0.25, 0.3) is 0 Å². The lowest BCUT2D eigenvalue weighted by molar-refractivity contribution is -0.134. The maximum atomic E-state index is 12.0. The summed E-state index contributed by atoms with van der Waals surface area (Å²) in [5.41, 5.74) is 2.03. The predicted octanol–water partition coefficient (Wildman–Crippen LogP) is 2.59. The van der Waals surface area contributed by atoms with Crippen molar-refractivity contribution >= 4 is 17.5 Å². The van der Waals surface area contributed by atoms with Gasteiger partial charge in [-0.15, -0.1) is 0 Å². The van der Waals surface area contributed by atoms with E-state index < -0.39 is 0 Å². The van der Waals surface area contributed by atoms with Gasteiger partial charge in [0.05, 0.1) is 6.54 Å². The number of amides is 2. The Bertz CT molecular complexity index is 468. The van der Waals surface area contributed by atoms with E-state index in [2.05, 4.69) is 12.2 Å². The molecule has 1 N–H and O–H groups in total. The summed E-state index contributed by atoms with van der Waals surface area (Å²) in [7, 11) is 0. The number of nitrogens with zero attached hydrogens (tertiary/aromatic N) is 1. The van der Waals surface area contributed by atoms with Crippen LogP contribution in [0.1, 0.15) is 38.2 Å². The van der Waals surface area contributed by atoms with E-state index in [0.717, 1.165) is 31.4 Å². The Morgan fingerprint density at radius 2 is 1.95 bits per heavy atom. The topological polar surface area (TPSA) is 49.4 Å². The van der Waals surface area contributed by atoms with Crippen LogP contribution in [-0.4, -0.2) is 29.8 Å². The molecular formula is C16H22N2O2. The second-order valence-electron chi connectivity index (χ2n) is 5.22. The summed E-state index contributed by atoms with van der Waals surface area (Å²) in [5, 5.41) is 2.85. The van der Waals surface area contributed by atoms with Crippen LogP contribution in [0.4, 0.5) is 5.69 Å². The number of nitrogens with one attached hydrogen (secondary N) is 1. The number of carbonyl (C=O) groups excluding carboxylic acids is 2. The van der Waals surface area contributed by atoms with Gasteiger partial charge in [0, 0.05) is 18.7 Å². The van der Waals surface area contributed by atoms with Gasteiger partial charge in [-0.25, -0.2) is 0 Å². The van der Waals surface area contributed by atoms with Gasteiger partial charge in [0.25, 0.3) is 0 Å². The molecule has 1 heterocycles. The Labute approximate surface area is 120 Å². The molecule has 4 heteroatoms. The Morgan fingerprint density at radius 1 is 1.20 bits per heavy atom. The molecule has 0 saturated carbocycles. The molecule has 1 aliphatic heterocycles. The van der Waals surface area contributed by atoms with Gasteiger partial charge in [0.15, 0.2) is 0 Å². The molecule has 0 aromatic heterocycles. The Balaban J connectivity index is 1.89. The van der Waals surface area contributed by atoms with Crippen LogP contribution < -0.4 is 5.32 Å². The van der Waals surface area contributed by atoms with E-state index in [4.69, 9.17) is 0 Å². The van der Waals surface area contributed by atoms with Crippen molar-refractivity contribution in [2.75, 3.05) is 18.4 Å². The molecule has 2 amide bonds. The van der Waals surface area contributed by atoms with Gasteiger partial charge >= 0.3 is 0 Å². The molecule has 0 radical (unpaired) electrons. The fourth-order valence-corrected chi connectivity index (χ4v) is 2.40. The summed E-state index contributed by atoms with van der Waals surface area (Å²) < 4.78 is 0. The zero-order valence-corrected chi connectivity index (χ0v) is 12.0. The Hall–Kier alpha value is -1.84. The Kier molecular flexibility index (Phi) is 5.16. The molecular weight excluding hydrogens is 252 g/mol. The van der Waals surface area contributed by atoms with Crippen LogP contribution in [-0.2, 0) is 16.0 Å². The van der Waals surface area contributed by atoms with E-state index in [-0.39, 0.29) is 18.4 Å². The van der Waals surface area contributed by atoms with Gasteiger partial charge in [-0.3, -0.25) is 9.59 Å². The average molecular weight is 274 g/mol. The van der Waals surface area contributed by atoms with Gasteiger partial charge in [-0.1, -0.05) is 25.5 Å². The third-order valence-corrected chi connectivity index (χ3v) is 3.65. The molecule has 0 atom stereocenters. The largest absolute Gasteiger partial charge is 0.333 e. The predicted molar refractivity (Wildman–Crippen MR) is 79.5 cm³/mol. The number of hydrogen-bond acceptors (Lipinski definition) is 2. The highest BCUT2D eigenvalue weighted by Crippen LogP contribution is 2.12. The zero-order valence-electron chi connectivity index (χ0n) is 12.0. The molecule has 1 fully saturated rings. The highest BCUT2D eigenvalue weighted by Gasteiger charge is 2.19. The highest BCUT2D eigenvalue weighted by atomic mass is 16.2. The normalized spacial score (nSPS) is 15.8. The van der Waals surface area contributed by atoms with E-state index in [1.54, 1.807) is 4.90 Å². The van der Waals surface area contributed by atoms with Gasteiger partial charge in [0.1, 0.15) is 0 Å². The fraction of sp³-hybridized carbons (Fsp3) is 0.500. The lowest BCUT2D eigenvalue weighted by atomic mass is 10.1. The monoisotopic (exact) mass is 274 g/mol. The van der Waals surface area contributed by atoms with Gasteiger partial charge in [-0.05, 0) is 37.0 Å². The first-order chi connectivity index (χ1) is 9.69. The van der Waals surface area contributed by atoms with Crippen molar-refractivity contribution in [3.05, 3.63) is 29.8 Å². The third kappa shape index (κ3) is 4.08. The molecule has 1 aromatic rings. The number of aryl methyl sites for hydroxylation is 1. The smallest absolute Gasteiger partial charge is 0.243 e. The number of carbonyl (C=O) groups is 2. The van der Waals surface area contributed by atoms with Crippen LogP contribution in [0.2, 0.25) is 0 Å². The number of anilines is 1. The second-order valence-corrected chi connectivity index (χ2v) is 5.22. The summed E-state index contributed by atoms with van der Waals surface area (Å²) in [6, 6.07) is 7.82. The summed E-state index contributed by atoms with van der Waals surface area (Å²) in [4.78, 5) is 25.5.